The van der Waals surface area contributed by atoms with Crippen LogP contribution >= 0.6 is 0 Å². The molecule has 118 valence electrons. The second kappa shape index (κ2) is 7.79. The van der Waals surface area contributed by atoms with Crippen molar-refractivity contribution in [2.45, 2.75) is 57.9 Å². The van der Waals surface area contributed by atoms with Gasteiger partial charge in [-0.3, -0.25) is 0 Å². The van der Waals surface area contributed by atoms with E-state index in [2.05, 4.69) is 19.2 Å². The van der Waals surface area contributed by atoms with Gasteiger partial charge in [0.15, 0.2) is 0 Å². The molecular formula is C18H28FNO. The maximum Gasteiger partial charge on any atom is 0.130 e. The molecule has 2 nitrogen and oxygen atoms in total. The van der Waals surface area contributed by atoms with E-state index in [1.54, 1.807) is 7.11 Å². The van der Waals surface area contributed by atoms with E-state index in [9.17, 15) is 4.39 Å². The molecule has 21 heavy (non-hydrogen) atoms. The third kappa shape index (κ3) is 4.44. The van der Waals surface area contributed by atoms with Crippen LogP contribution in [0.3, 0.4) is 0 Å². The number of hydrogen-bond donors (Lipinski definition) is 1. The van der Waals surface area contributed by atoms with Gasteiger partial charge >= 0.3 is 0 Å². The van der Waals surface area contributed by atoms with Crippen LogP contribution in [0, 0.1) is 11.7 Å². The van der Waals surface area contributed by atoms with Crippen molar-refractivity contribution in [1.82, 2.24) is 5.32 Å². The zero-order valence-corrected chi connectivity index (χ0v) is 13.5. The van der Waals surface area contributed by atoms with Gasteiger partial charge in [0, 0.05) is 12.1 Å². The molecule has 2 atom stereocenters. The molecule has 0 bridgehead atoms. The Labute approximate surface area is 128 Å². The van der Waals surface area contributed by atoms with Crippen LogP contribution < -0.4 is 10.1 Å². The summed E-state index contributed by atoms with van der Waals surface area (Å²) < 4.78 is 19.5. The van der Waals surface area contributed by atoms with Gasteiger partial charge in [-0.25, -0.2) is 4.39 Å². The van der Waals surface area contributed by atoms with Gasteiger partial charge in [0.1, 0.15) is 11.6 Å². The van der Waals surface area contributed by atoms with Gasteiger partial charge < -0.3 is 10.1 Å². The van der Waals surface area contributed by atoms with Crippen LogP contribution in [0.4, 0.5) is 4.39 Å². The Balaban J connectivity index is 2.19. The van der Waals surface area contributed by atoms with E-state index in [1.165, 1.54) is 31.7 Å². The standard InChI is InChI=1S/C18H28FNO/c1-13(2)20-12-14-7-5-4-6-8-16(14)17-10-9-15(21-3)11-18(17)19/h9-11,13-14,16,20H,4-8,12H2,1-3H3. The largest absolute Gasteiger partial charge is 0.497 e. The molecule has 0 saturated heterocycles. The molecule has 2 rings (SSSR count). The summed E-state index contributed by atoms with van der Waals surface area (Å²) in [6, 6.07) is 5.81. The second-order valence-electron chi connectivity index (χ2n) is 6.45. The predicted octanol–water partition coefficient (Wildman–Crippen LogP) is 4.50. The Bertz CT molecular complexity index is 447. The molecule has 3 heteroatoms. The summed E-state index contributed by atoms with van der Waals surface area (Å²) in [6.45, 7) is 5.31. The molecule has 2 unspecified atom stereocenters. The van der Waals surface area contributed by atoms with Gasteiger partial charge in [0.25, 0.3) is 0 Å². The zero-order chi connectivity index (χ0) is 15.2. The molecule has 0 radical (unpaired) electrons. The van der Waals surface area contributed by atoms with Crippen molar-refractivity contribution in [2.75, 3.05) is 13.7 Å². The minimum Gasteiger partial charge on any atom is -0.497 e. The van der Waals surface area contributed by atoms with Crippen LogP contribution in [0.15, 0.2) is 18.2 Å². The van der Waals surface area contributed by atoms with Crippen LogP contribution in [0.25, 0.3) is 0 Å². The lowest BCUT2D eigenvalue weighted by Crippen LogP contribution is -2.31. The smallest absolute Gasteiger partial charge is 0.130 e. The molecular weight excluding hydrogens is 265 g/mol. The van der Waals surface area contributed by atoms with Crippen molar-refractivity contribution in [3.63, 3.8) is 0 Å². The van der Waals surface area contributed by atoms with E-state index in [0.29, 0.717) is 23.6 Å². The highest BCUT2D eigenvalue weighted by Gasteiger charge is 2.27. The lowest BCUT2D eigenvalue weighted by atomic mass is 9.82. The molecule has 1 aromatic carbocycles. The normalized spacial score (nSPS) is 23.1. The van der Waals surface area contributed by atoms with E-state index < -0.39 is 0 Å². The first-order chi connectivity index (χ1) is 10.1. The van der Waals surface area contributed by atoms with E-state index in [-0.39, 0.29) is 5.82 Å². The number of halogens is 1. The summed E-state index contributed by atoms with van der Waals surface area (Å²) in [6.07, 6.45) is 6.02. The summed E-state index contributed by atoms with van der Waals surface area (Å²) in [5.41, 5.74) is 0.869. The van der Waals surface area contributed by atoms with E-state index >= 15 is 0 Å². The maximum absolute atomic E-state index is 14.4. The Hall–Kier alpha value is -1.09. The molecule has 0 spiro atoms. The van der Waals surface area contributed by atoms with Crippen LogP contribution in [0.2, 0.25) is 0 Å². The highest BCUT2D eigenvalue weighted by molar-refractivity contribution is 5.31. The predicted molar refractivity (Wildman–Crippen MR) is 85.4 cm³/mol. The molecule has 0 aromatic heterocycles. The minimum atomic E-state index is -0.115. The minimum absolute atomic E-state index is 0.115. The van der Waals surface area contributed by atoms with Gasteiger partial charge in [-0.2, -0.15) is 0 Å². The number of methoxy groups -OCH3 is 1. The van der Waals surface area contributed by atoms with Crippen molar-refractivity contribution in [3.05, 3.63) is 29.6 Å². The number of ether oxygens (including phenoxy) is 1. The fraction of sp³-hybridized carbons (Fsp3) is 0.667. The topological polar surface area (TPSA) is 21.3 Å². The highest BCUT2D eigenvalue weighted by Crippen LogP contribution is 2.38. The number of nitrogens with one attached hydrogen (secondary N) is 1. The number of rotatable bonds is 5. The van der Waals surface area contributed by atoms with Crippen LogP contribution in [0.1, 0.15) is 57.4 Å². The summed E-state index contributed by atoms with van der Waals surface area (Å²) >= 11 is 0. The summed E-state index contributed by atoms with van der Waals surface area (Å²) in [4.78, 5) is 0. The fourth-order valence-electron chi connectivity index (χ4n) is 3.36. The van der Waals surface area contributed by atoms with Crippen molar-refractivity contribution in [1.29, 1.82) is 0 Å². The van der Waals surface area contributed by atoms with Gasteiger partial charge in [0.2, 0.25) is 0 Å². The van der Waals surface area contributed by atoms with E-state index in [1.807, 2.05) is 12.1 Å². The van der Waals surface area contributed by atoms with Gasteiger partial charge in [0.05, 0.1) is 7.11 Å². The molecule has 0 aliphatic heterocycles. The maximum atomic E-state index is 14.4. The zero-order valence-electron chi connectivity index (χ0n) is 13.5. The molecule has 1 aliphatic carbocycles. The highest BCUT2D eigenvalue weighted by atomic mass is 19.1. The molecule has 0 heterocycles. The summed E-state index contributed by atoms with van der Waals surface area (Å²) in [7, 11) is 1.58. The van der Waals surface area contributed by atoms with Crippen molar-refractivity contribution < 1.29 is 9.13 Å². The van der Waals surface area contributed by atoms with Crippen molar-refractivity contribution in [2.24, 2.45) is 5.92 Å². The van der Waals surface area contributed by atoms with E-state index in [4.69, 9.17) is 4.74 Å². The summed E-state index contributed by atoms with van der Waals surface area (Å²) in [5, 5.41) is 3.54. The van der Waals surface area contributed by atoms with Crippen LogP contribution in [0.5, 0.6) is 5.75 Å². The van der Waals surface area contributed by atoms with Crippen LogP contribution in [-0.4, -0.2) is 19.7 Å². The van der Waals surface area contributed by atoms with Gasteiger partial charge in [-0.15, -0.1) is 0 Å². The monoisotopic (exact) mass is 293 g/mol. The quantitative estimate of drug-likeness (QED) is 0.807. The third-order valence-electron chi connectivity index (χ3n) is 4.55. The van der Waals surface area contributed by atoms with Crippen LogP contribution in [-0.2, 0) is 0 Å². The number of hydrogen-bond acceptors (Lipinski definition) is 2. The Morgan fingerprint density at radius 1 is 1.24 bits per heavy atom. The molecule has 0 amide bonds. The average molecular weight is 293 g/mol. The summed E-state index contributed by atoms with van der Waals surface area (Å²) in [5.74, 6) is 1.33. The first kappa shape index (κ1) is 16.3. The average Bonchev–Trinajstić information content (AvgIpc) is 2.70. The van der Waals surface area contributed by atoms with Gasteiger partial charge in [-0.05, 0) is 42.9 Å². The lowest BCUT2D eigenvalue weighted by Gasteiger charge is -2.27. The SMILES string of the molecule is COc1ccc(C2CCCCCC2CNC(C)C)c(F)c1. The van der Waals surface area contributed by atoms with E-state index in [0.717, 1.165) is 18.5 Å². The fourth-order valence-corrected chi connectivity index (χ4v) is 3.36. The molecule has 1 saturated carbocycles. The lowest BCUT2D eigenvalue weighted by molar-refractivity contribution is 0.354. The third-order valence-corrected chi connectivity index (χ3v) is 4.55. The molecule has 1 N–H and O–H groups in total. The Morgan fingerprint density at radius 2 is 2.00 bits per heavy atom. The first-order valence-corrected chi connectivity index (χ1v) is 8.18. The first-order valence-electron chi connectivity index (χ1n) is 8.18. The molecule has 1 fully saturated rings. The van der Waals surface area contributed by atoms with Crippen molar-refractivity contribution in [3.8, 4) is 5.75 Å². The Morgan fingerprint density at radius 3 is 2.67 bits per heavy atom. The molecule has 1 aliphatic rings. The second-order valence-corrected chi connectivity index (χ2v) is 6.45. The Kier molecular flexibility index (Phi) is 6.04. The van der Waals surface area contributed by atoms with Gasteiger partial charge in [-0.1, -0.05) is 39.2 Å². The number of benzene rings is 1. The van der Waals surface area contributed by atoms with Crippen molar-refractivity contribution >= 4 is 0 Å². The molecule has 1 aromatic rings.